The Labute approximate surface area is 197 Å². The maximum atomic E-state index is 13.6. The summed E-state index contributed by atoms with van der Waals surface area (Å²) in [6, 6.07) is 25.0. The number of carbonyl (C=O) groups excluding carboxylic acids is 1. The maximum absolute atomic E-state index is 13.6. The summed E-state index contributed by atoms with van der Waals surface area (Å²) in [7, 11) is 0. The zero-order chi connectivity index (χ0) is 23.5. The van der Waals surface area contributed by atoms with Gasteiger partial charge in [-0.2, -0.15) is 5.26 Å². The van der Waals surface area contributed by atoms with Crippen molar-refractivity contribution in [3.05, 3.63) is 106 Å². The SMILES string of the molecule is CCOc1ccccc1NC(SCc1cccc(F)c1)=C(C#N)C(=O)NCc1ccccc1. The minimum absolute atomic E-state index is 0.0568. The van der Waals surface area contributed by atoms with Gasteiger partial charge in [0.1, 0.15) is 23.2 Å². The third kappa shape index (κ3) is 7.13. The van der Waals surface area contributed by atoms with Crippen LogP contribution < -0.4 is 15.4 Å². The van der Waals surface area contributed by atoms with Crippen LogP contribution in [0.25, 0.3) is 0 Å². The number of benzene rings is 3. The lowest BCUT2D eigenvalue weighted by Gasteiger charge is -2.16. The van der Waals surface area contributed by atoms with Gasteiger partial charge in [0.2, 0.25) is 0 Å². The Bertz CT molecular complexity index is 1160. The zero-order valence-corrected chi connectivity index (χ0v) is 19.0. The Morgan fingerprint density at radius 1 is 1.03 bits per heavy atom. The summed E-state index contributed by atoms with van der Waals surface area (Å²) in [6.45, 7) is 2.64. The van der Waals surface area contributed by atoms with Gasteiger partial charge in [-0.3, -0.25) is 4.79 Å². The second kappa shape index (κ2) is 12.3. The van der Waals surface area contributed by atoms with Crippen molar-refractivity contribution >= 4 is 23.4 Å². The van der Waals surface area contributed by atoms with Crippen molar-refractivity contribution in [1.29, 1.82) is 5.26 Å². The molecule has 0 aromatic heterocycles. The lowest BCUT2D eigenvalue weighted by molar-refractivity contribution is -0.117. The lowest BCUT2D eigenvalue weighted by Crippen LogP contribution is -2.25. The Morgan fingerprint density at radius 3 is 2.48 bits per heavy atom. The van der Waals surface area contributed by atoms with Gasteiger partial charge >= 0.3 is 0 Å². The van der Waals surface area contributed by atoms with Crippen LogP contribution in [-0.2, 0) is 17.1 Å². The van der Waals surface area contributed by atoms with Crippen LogP contribution >= 0.6 is 11.8 Å². The maximum Gasteiger partial charge on any atom is 0.264 e. The molecule has 0 radical (unpaired) electrons. The van der Waals surface area contributed by atoms with Crippen LogP contribution in [0.5, 0.6) is 5.75 Å². The van der Waals surface area contributed by atoms with E-state index >= 15 is 0 Å². The Kier molecular flexibility index (Phi) is 8.92. The molecular weight excluding hydrogens is 437 g/mol. The standard InChI is InChI=1S/C26H24FN3O2S/c1-2-32-24-14-7-6-13-23(24)30-26(33-18-20-11-8-12-21(27)15-20)22(16-28)25(31)29-17-19-9-4-3-5-10-19/h3-15,30H,2,17-18H2,1H3,(H,29,31). The molecule has 0 saturated heterocycles. The summed E-state index contributed by atoms with van der Waals surface area (Å²) >= 11 is 1.25. The topological polar surface area (TPSA) is 74.1 Å². The van der Waals surface area contributed by atoms with Gasteiger partial charge in [-0.25, -0.2) is 4.39 Å². The molecule has 0 aliphatic heterocycles. The molecule has 0 saturated carbocycles. The number of nitrogens with one attached hydrogen (secondary N) is 2. The molecule has 0 aliphatic carbocycles. The molecule has 0 unspecified atom stereocenters. The number of amides is 1. The largest absolute Gasteiger partial charge is 0.492 e. The van der Waals surface area contributed by atoms with Gasteiger partial charge in [-0.05, 0) is 42.3 Å². The number of nitriles is 1. The number of para-hydroxylation sites is 2. The summed E-state index contributed by atoms with van der Waals surface area (Å²) in [4.78, 5) is 12.9. The fourth-order valence-corrected chi connectivity index (χ4v) is 3.95. The molecule has 7 heteroatoms. The van der Waals surface area contributed by atoms with E-state index in [4.69, 9.17) is 4.74 Å². The number of halogens is 1. The highest BCUT2D eigenvalue weighted by Crippen LogP contribution is 2.31. The van der Waals surface area contributed by atoms with Crippen molar-refractivity contribution in [3.63, 3.8) is 0 Å². The average molecular weight is 462 g/mol. The minimum Gasteiger partial charge on any atom is -0.492 e. The molecule has 3 aromatic carbocycles. The summed E-state index contributed by atoms with van der Waals surface area (Å²) in [5.41, 5.74) is 2.23. The van der Waals surface area contributed by atoms with E-state index in [2.05, 4.69) is 10.6 Å². The van der Waals surface area contributed by atoms with Crippen molar-refractivity contribution in [2.45, 2.75) is 19.2 Å². The monoisotopic (exact) mass is 461 g/mol. The third-order valence-electron chi connectivity index (χ3n) is 4.57. The highest BCUT2D eigenvalue weighted by Gasteiger charge is 2.18. The molecule has 0 bridgehead atoms. The fraction of sp³-hybridized carbons (Fsp3) is 0.154. The molecule has 0 spiro atoms. The molecular formula is C26H24FN3O2S. The van der Waals surface area contributed by atoms with E-state index in [1.54, 1.807) is 12.1 Å². The van der Waals surface area contributed by atoms with Gasteiger partial charge in [0, 0.05) is 12.3 Å². The number of anilines is 1. The number of thioether (sulfide) groups is 1. The van der Waals surface area contributed by atoms with E-state index in [0.29, 0.717) is 35.4 Å². The van der Waals surface area contributed by atoms with E-state index in [9.17, 15) is 14.4 Å². The predicted octanol–water partition coefficient (Wildman–Crippen LogP) is 5.62. The fourth-order valence-electron chi connectivity index (χ4n) is 3.00. The summed E-state index contributed by atoms with van der Waals surface area (Å²) in [5, 5.41) is 16.2. The van der Waals surface area contributed by atoms with Crippen molar-refractivity contribution in [1.82, 2.24) is 5.32 Å². The third-order valence-corrected chi connectivity index (χ3v) is 5.64. The van der Waals surface area contributed by atoms with Gasteiger partial charge in [-0.1, -0.05) is 54.6 Å². The predicted molar refractivity (Wildman–Crippen MR) is 130 cm³/mol. The molecule has 3 aromatic rings. The number of hydrogen-bond acceptors (Lipinski definition) is 5. The van der Waals surface area contributed by atoms with Crippen molar-refractivity contribution < 1.29 is 13.9 Å². The lowest BCUT2D eigenvalue weighted by atomic mass is 10.2. The Balaban J connectivity index is 1.88. The van der Waals surface area contributed by atoms with Crippen LogP contribution in [0.3, 0.4) is 0 Å². The first-order chi connectivity index (χ1) is 16.1. The normalized spacial score (nSPS) is 11.2. The van der Waals surface area contributed by atoms with E-state index < -0.39 is 5.91 Å². The Morgan fingerprint density at radius 2 is 1.76 bits per heavy atom. The first-order valence-corrected chi connectivity index (χ1v) is 11.4. The molecule has 3 rings (SSSR count). The number of hydrogen-bond donors (Lipinski definition) is 2. The van der Waals surface area contributed by atoms with Gasteiger partial charge in [0.15, 0.2) is 0 Å². The van der Waals surface area contributed by atoms with Crippen molar-refractivity contribution in [2.75, 3.05) is 11.9 Å². The molecule has 0 aliphatic rings. The first kappa shape index (κ1) is 23.9. The van der Waals surface area contributed by atoms with Crippen LogP contribution in [0.2, 0.25) is 0 Å². The van der Waals surface area contributed by atoms with Crippen molar-refractivity contribution in [2.24, 2.45) is 0 Å². The van der Waals surface area contributed by atoms with Crippen LogP contribution in [0, 0.1) is 17.1 Å². The highest BCUT2D eigenvalue weighted by atomic mass is 32.2. The van der Waals surface area contributed by atoms with Gasteiger partial charge in [-0.15, -0.1) is 11.8 Å². The quantitative estimate of drug-likeness (QED) is 0.303. The highest BCUT2D eigenvalue weighted by molar-refractivity contribution is 8.02. The average Bonchev–Trinajstić information content (AvgIpc) is 2.83. The van der Waals surface area contributed by atoms with Crippen LogP contribution in [-0.4, -0.2) is 12.5 Å². The second-order valence-electron chi connectivity index (χ2n) is 6.96. The zero-order valence-electron chi connectivity index (χ0n) is 18.2. The number of rotatable bonds is 10. The van der Waals surface area contributed by atoms with Gasteiger partial charge < -0.3 is 15.4 Å². The smallest absolute Gasteiger partial charge is 0.264 e. The summed E-state index contributed by atoms with van der Waals surface area (Å²) < 4.78 is 19.3. The number of nitrogens with zero attached hydrogens (tertiary/aromatic N) is 1. The molecule has 0 heterocycles. The molecule has 2 N–H and O–H groups in total. The van der Waals surface area contributed by atoms with E-state index in [-0.39, 0.29) is 11.4 Å². The van der Waals surface area contributed by atoms with Crippen LogP contribution in [0.15, 0.2) is 89.5 Å². The van der Waals surface area contributed by atoms with E-state index in [0.717, 1.165) is 11.1 Å². The molecule has 0 atom stereocenters. The van der Waals surface area contributed by atoms with E-state index in [1.807, 2.05) is 67.6 Å². The molecule has 0 fully saturated rings. The number of ether oxygens (including phenoxy) is 1. The molecule has 33 heavy (non-hydrogen) atoms. The minimum atomic E-state index is -0.496. The van der Waals surface area contributed by atoms with E-state index in [1.165, 1.54) is 23.9 Å². The van der Waals surface area contributed by atoms with Crippen LogP contribution in [0.1, 0.15) is 18.1 Å². The molecule has 168 valence electrons. The summed E-state index contributed by atoms with van der Waals surface area (Å²) in [5.74, 6) is 0.137. The summed E-state index contributed by atoms with van der Waals surface area (Å²) in [6.07, 6.45) is 0. The Hall–Kier alpha value is -3.76. The first-order valence-electron chi connectivity index (χ1n) is 10.4. The van der Waals surface area contributed by atoms with Crippen molar-refractivity contribution in [3.8, 4) is 11.8 Å². The second-order valence-corrected chi connectivity index (χ2v) is 7.94. The number of carbonyl (C=O) groups is 1. The van der Waals surface area contributed by atoms with Gasteiger partial charge in [0.05, 0.1) is 17.3 Å². The van der Waals surface area contributed by atoms with Crippen LogP contribution in [0.4, 0.5) is 10.1 Å². The molecule has 5 nitrogen and oxygen atoms in total. The molecule has 1 amide bonds. The van der Waals surface area contributed by atoms with Gasteiger partial charge in [0.25, 0.3) is 5.91 Å².